The summed E-state index contributed by atoms with van der Waals surface area (Å²) >= 11 is 5.96. The Balaban J connectivity index is 1.60. The van der Waals surface area contributed by atoms with Gasteiger partial charge >= 0.3 is 0 Å². The van der Waals surface area contributed by atoms with Gasteiger partial charge < -0.3 is 10.2 Å². The molecule has 1 N–H and O–H groups in total. The van der Waals surface area contributed by atoms with Gasteiger partial charge in [0, 0.05) is 26.2 Å². The molecule has 1 aliphatic rings. The Labute approximate surface area is 153 Å². The zero-order valence-corrected chi connectivity index (χ0v) is 15.3. The Hall–Kier alpha value is -2.14. The first kappa shape index (κ1) is 17.7. The van der Waals surface area contributed by atoms with Crippen molar-refractivity contribution < 1.29 is 4.79 Å². The molecule has 1 atom stereocenters. The van der Waals surface area contributed by atoms with Crippen molar-refractivity contribution in [2.45, 2.75) is 38.6 Å². The number of amides is 1. The molecule has 0 saturated carbocycles. The van der Waals surface area contributed by atoms with E-state index in [-0.39, 0.29) is 11.9 Å². The van der Waals surface area contributed by atoms with Crippen LogP contribution in [0, 0.1) is 0 Å². The molecule has 1 saturated heterocycles. The molecule has 1 aromatic carbocycles. The van der Waals surface area contributed by atoms with Gasteiger partial charge in [0.25, 0.3) is 0 Å². The zero-order chi connectivity index (χ0) is 17.8. The number of rotatable bonds is 4. The van der Waals surface area contributed by atoms with Crippen LogP contribution in [0.5, 0.6) is 0 Å². The topological polar surface area (TPSA) is 58.1 Å². The number of piperidine rings is 1. The molecule has 5 nitrogen and oxygen atoms in total. The molecule has 1 unspecified atom stereocenters. The number of carbonyl (C=O) groups is 1. The largest absolute Gasteiger partial charge is 0.350 e. The summed E-state index contributed by atoms with van der Waals surface area (Å²) in [5.41, 5.74) is 2.48. The van der Waals surface area contributed by atoms with Crippen LogP contribution in [0.3, 0.4) is 0 Å². The van der Waals surface area contributed by atoms with Crippen LogP contribution in [0.15, 0.2) is 36.5 Å². The van der Waals surface area contributed by atoms with Crippen LogP contribution >= 0.6 is 11.6 Å². The standard InChI is InChI=1S/C19H23ClN4O/c1-13(22-14(2)25)15-3-5-16(6-4-15)17-8-11-24(12-9-17)19-21-10-7-18(20)23-19/h3-7,10,13,17H,8-9,11-12H2,1-2H3,(H,22,25). The first-order valence-electron chi connectivity index (χ1n) is 8.63. The van der Waals surface area contributed by atoms with Crippen molar-refractivity contribution in [1.82, 2.24) is 15.3 Å². The smallest absolute Gasteiger partial charge is 0.226 e. The molecule has 25 heavy (non-hydrogen) atoms. The molecule has 3 rings (SSSR count). The van der Waals surface area contributed by atoms with E-state index in [2.05, 4.69) is 44.5 Å². The van der Waals surface area contributed by atoms with Crippen molar-refractivity contribution >= 4 is 23.5 Å². The van der Waals surface area contributed by atoms with Gasteiger partial charge in [-0.25, -0.2) is 9.97 Å². The van der Waals surface area contributed by atoms with Crippen LogP contribution in [0.2, 0.25) is 5.15 Å². The van der Waals surface area contributed by atoms with E-state index in [9.17, 15) is 4.79 Å². The third kappa shape index (κ3) is 4.48. The predicted molar refractivity (Wildman–Crippen MR) is 99.9 cm³/mol. The quantitative estimate of drug-likeness (QED) is 0.846. The Kier molecular flexibility index (Phi) is 5.53. The number of nitrogens with one attached hydrogen (secondary N) is 1. The maximum Gasteiger partial charge on any atom is 0.226 e. The molecule has 0 spiro atoms. The highest BCUT2D eigenvalue weighted by Gasteiger charge is 2.22. The minimum Gasteiger partial charge on any atom is -0.350 e. The molecule has 1 aromatic heterocycles. The van der Waals surface area contributed by atoms with Crippen LogP contribution in [0.25, 0.3) is 0 Å². The summed E-state index contributed by atoms with van der Waals surface area (Å²) in [5.74, 6) is 1.25. The molecule has 0 radical (unpaired) electrons. The average molecular weight is 359 g/mol. The fourth-order valence-electron chi connectivity index (χ4n) is 3.34. The van der Waals surface area contributed by atoms with Gasteiger partial charge in [0.1, 0.15) is 5.15 Å². The van der Waals surface area contributed by atoms with Crippen molar-refractivity contribution in [2.24, 2.45) is 0 Å². The number of hydrogen-bond donors (Lipinski definition) is 1. The van der Waals surface area contributed by atoms with Crippen LogP contribution in [-0.2, 0) is 4.79 Å². The van der Waals surface area contributed by atoms with Gasteiger partial charge in [-0.05, 0) is 42.9 Å². The number of nitrogens with zero attached hydrogens (tertiary/aromatic N) is 3. The second kappa shape index (κ2) is 7.83. The summed E-state index contributed by atoms with van der Waals surface area (Å²) in [7, 11) is 0. The molecule has 0 bridgehead atoms. The summed E-state index contributed by atoms with van der Waals surface area (Å²) in [6.45, 7) is 5.40. The van der Waals surface area contributed by atoms with E-state index in [0.29, 0.717) is 17.0 Å². The summed E-state index contributed by atoms with van der Waals surface area (Å²) in [6.07, 6.45) is 3.83. The zero-order valence-electron chi connectivity index (χ0n) is 14.6. The third-order valence-electron chi connectivity index (χ3n) is 4.71. The summed E-state index contributed by atoms with van der Waals surface area (Å²) in [4.78, 5) is 22.0. The van der Waals surface area contributed by atoms with Gasteiger partial charge in [-0.1, -0.05) is 35.9 Å². The number of hydrogen-bond acceptors (Lipinski definition) is 4. The monoisotopic (exact) mass is 358 g/mol. The van der Waals surface area contributed by atoms with Gasteiger partial charge in [-0.3, -0.25) is 4.79 Å². The highest BCUT2D eigenvalue weighted by atomic mass is 35.5. The maximum absolute atomic E-state index is 11.2. The first-order valence-corrected chi connectivity index (χ1v) is 9.01. The lowest BCUT2D eigenvalue weighted by Crippen LogP contribution is -2.34. The number of aromatic nitrogens is 2. The molecule has 2 aromatic rings. The molecule has 2 heterocycles. The van der Waals surface area contributed by atoms with E-state index in [4.69, 9.17) is 11.6 Å². The lowest BCUT2D eigenvalue weighted by molar-refractivity contribution is -0.119. The fraction of sp³-hybridized carbons (Fsp3) is 0.421. The van der Waals surface area contributed by atoms with Crippen LogP contribution in [0.4, 0.5) is 5.95 Å². The molecule has 1 fully saturated rings. The van der Waals surface area contributed by atoms with E-state index in [1.165, 1.54) is 5.56 Å². The van der Waals surface area contributed by atoms with Crippen LogP contribution < -0.4 is 10.2 Å². The number of carbonyl (C=O) groups excluding carboxylic acids is 1. The van der Waals surface area contributed by atoms with Crippen LogP contribution in [-0.4, -0.2) is 29.0 Å². The number of benzene rings is 1. The molecule has 0 aliphatic carbocycles. The van der Waals surface area contributed by atoms with Crippen molar-refractivity contribution in [3.8, 4) is 0 Å². The van der Waals surface area contributed by atoms with Crippen LogP contribution in [0.1, 0.15) is 49.8 Å². The Bertz CT molecular complexity index is 726. The van der Waals surface area contributed by atoms with Gasteiger partial charge in [0.05, 0.1) is 6.04 Å². The van der Waals surface area contributed by atoms with Crippen molar-refractivity contribution in [2.75, 3.05) is 18.0 Å². The SMILES string of the molecule is CC(=O)NC(C)c1ccc(C2CCN(c3nccc(Cl)n3)CC2)cc1. The minimum absolute atomic E-state index is 0.00724. The van der Waals surface area contributed by atoms with Gasteiger partial charge in [0.15, 0.2) is 0 Å². The number of halogens is 1. The lowest BCUT2D eigenvalue weighted by Gasteiger charge is -2.32. The lowest BCUT2D eigenvalue weighted by atomic mass is 9.88. The van der Waals surface area contributed by atoms with Gasteiger partial charge in [-0.15, -0.1) is 0 Å². The fourth-order valence-corrected chi connectivity index (χ4v) is 3.47. The van der Waals surface area contributed by atoms with E-state index in [1.807, 2.05) is 6.92 Å². The first-order chi connectivity index (χ1) is 12.0. The van der Waals surface area contributed by atoms with Gasteiger partial charge in [0.2, 0.25) is 11.9 Å². The van der Waals surface area contributed by atoms with Gasteiger partial charge in [-0.2, -0.15) is 0 Å². The highest BCUT2D eigenvalue weighted by Crippen LogP contribution is 2.30. The summed E-state index contributed by atoms with van der Waals surface area (Å²) in [6, 6.07) is 10.3. The summed E-state index contributed by atoms with van der Waals surface area (Å²) < 4.78 is 0. The van der Waals surface area contributed by atoms with Crippen molar-refractivity contribution in [3.63, 3.8) is 0 Å². The molecule has 1 aliphatic heterocycles. The number of anilines is 1. The predicted octanol–water partition coefficient (Wildman–Crippen LogP) is 3.71. The van der Waals surface area contributed by atoms with E-state index in [0.717, 1.165) is 31.5 Å². The van der Waals surface area contributed by atoms with Crippen molar-refractivity contribution in [1.29, 1.82) is 0 Å². The van der Waals surface area contributed by atoms with E-state index >= 15 is 0 Å². The normalized spacial score (nSPS) is 16.5. The Morgan fingerprint density at radius 2 is 1.92 bits per heavy atom. The molecular weight excluding hydrogens is 336 g/mol. The second-order valence-corrected chi connectivity index (χ2v) is 6.92. The van der Waals surface area contributed by atoms with E-state index < -0.39 is 0 Å². The summed E-state index contributed by atoms with van der Waals surface area (Å²) in [5, 5.41) is 3.40. The molecule has 1 amide bonds. The van der Waals surface area contributed by atoms with E-state index in [1.54, 1.807) is 19.2 Å². The highest BCUT2D eigenvalue weighted by molar-refractivity contribution is 6.29. The minimum atomic E-state index is -0.00724. The van der Waals surface area contributed by atoms with Crippen molar-refractivity contribution in [3.05, 3.63) is 52.8 Å². The maximum atomic E-state index is 11.2. The molecule has 132 valence electrons. The Morgan fingerprint density at radius 3 is 2.52 bits per heavy atom. The Morgan fingerprint density at radius 1 is 1.24 bits per heavy atom. The molecular formula is C19H23ClN4O. The third-order valence-corrected chi connectivity index (χ3v) is 4.92. The average Bonchev–Trinajstić information content (AvgIpc) is 2.61. The second-order valence-electron chi connectivity index (χ2n) is 6.53. The molecule has 6 heteroatoms.